The maximum Gasteiger partial charge on any atom is 0.0917 e. The minimum atomic E-state index is -0.811. The van der Waals surface area contributed by atoms with Crippen LogP contribution >= 0.6 is 0 Å². The third-order valence-electron chi connectivity index (χ3n) is 4.16. The van der Waals surface area contributed by atoms with Gasteiger partial charge in [0, 0.05) is 11.8 Å². The Morgan fingerprint density at radius 1 is 1.33 bits per heavy atom. The van der Waals surface area contributed by atoms with Gasteiger partial charge in [0.05, 0.1) is 11.7 Å². The largest absolute Gasteiger partial charge is 0.390 e. The van der Waals surface area contributed by atoms with Gasteiger partial charge in [0.2, 0.25) is 0 Å². The first-order valence-electron chi connectivity index (χ1n) is 4.71. The minimum absolute atomic E-state index is 0.336. The summed E-state index contributed by atoms with van der Waals surface area (Å²) in [7, 11) is 0. The monoisotopic (exact) mass is 166 g/mol. The fourth-order valence-electron chi connectivity index (χ4n) is 3.58. The van der Waals surface area contributed by atoms with E-state index in [4.69, 9.17) is 0 Å². The Balaban J connectivity index is 1.99. The smallest absolute Gasteiger partial charge is 0.0917 e. The van der Waals surface area contributed by atoms with Crippen molar-refractivity contribution in [3.63, 3.8) is 0 Å². The first-order valence-corrected chi connectivity index (χ1v) is 4.71. The Morgan fingerprint density at radius 2 is 2.00 bits per heavy atom. The van der Waals surface area contributed by atoms with E-state index in [1.807, 2.05) is 0 Å². The molecule has 3 aliphatic carbocycles. The normalized spacial score (nSPS) is 66.4. The second-order valence-electron chi connectivity index (χ2n) is 4.72. The van der Waals surface area contributed by atoms with Crippen molar-refractivity contribution in [2.24, 2.45) is 23.7 Å². The first-order chi connectivity index (χ1) is 5.62. The molecule has 2 heteroatoms. The lowest BCUT2D eigenvalue weighted by molar-refractivity contribution is -0.227. The van der Waals surface area contributed by atoms with Crippen molar-refractivity contribution >= 4 is 0 Å². The van der Waals surface area contributed by atoms with Crippen LogP contribution in [0.1, 0.15) is 13.3 Å². The molecule has 2 fully saturated rings. The molecule has 3 aliphatic rings. The molecule has 0 unspecified atom stereocenters. The highest BCUT2D eigenvalue weighted by atomic mass is 16.3. The molecular formula is C10H14O2. The maximum absolute atomic E-state index is 9.89. The van der Waals surface area contributed by atoms with Crippen molar-refractivity contribution in [2.45, 2.75) is 25.0 Å². The molecule has 0 aromatic heterocycles. The summed E-state index contributed by atoms with van der Waals surface area (Å²) in [5.41, 5.74) is -0.811. The molecule has 2 saturated carbocycles. The second kappa shape index (κ2) is 1.78. The maximum atomic E-state index is 9.89. The number of hydrogen-bond donors (Lipinski definition) is 2. The van der Waals surface area contributed by atoms with Gasteiger partial charge in [0.25, 0.3) is 0 Å². The van der Waals surface area contributed by atoms with Gasteiger partial charge in [-0.05, 0) is 25.2 Å². The molecule has 2 nitrogen and oxygen atoms in total. The summed E-state index contributed by atoms with van der Waals surface area (Å²) in [6.07, 6.45) is 5.10. The molecule has 0 radical (unpaired) electrons. The second-order valence-corrected chi connectivity index (χ2v) is 4.72. The van der Waals surface area contributed by atoms with Crippen LogP contribution in [0.25, 0.3) is 0 Å². The lowest BCUT2D eigenvalue weighted by atomic mass is 9.56. The van der Waals surface area contributed by atoms with E-state index in [1.54, 1.807) is 6.92 Å². The fraction of sp³-hybridized carbons (Fsp3) is 0.800. The molecule has 3 rings (SSSR count). The van der Waals surface area contributed by atoms with Crippen LogP contribution in [-0.2, 0) is 0 Å². The van der Waals surface area contributed by atoms with E-state index in [1.165, 1.54) is 0 Å². The van der Waals surface area contributed by atoms with Crippen LogP contribution in [0.2, 0.25) is 0 Å². The lowest BCUT2D eigenvalue weighted by Crippen LogP contribution is -2.65. The van der Waals surface area contributed by atoms with Gasteiger partial charge < -0.3 is 10.2 Å². The third-order valence-corrected chi connectivity index (χ3v) is 4.16. The number of fused-ring (bicyclic) bond motifs is 5. The highest BCUT2D eigenvalue weighted by Gasteiger charge is 2.66. The average molecular weight is 166 g/mol. The molecule has 0 aliphatic heterocycles. The number of aliphatic hydroxyl groups excluding tert-OH is 1. The molecule has 66 valence electrons. The molecule has 6 atom stereocenters. The van der Waals surface area contributed by atoms with Gasteiger partial charge in [-0.2, -0.15) is 0 Å². The lowest BCUT2D eigenvalue weighted by Gasteiger charge is -2.55. The zero-order chi connectivity index (χ0) is 8.51. The first kappa shape index (κ1) is 7.10. The Kier molecular flexibility index (Phi) is 1.05. The molecule has 0 amide bonds. The van der Waals surface area contributed by atoms with E-state index < -0.39 is 11.7 Å². The predicted molar refractivity (Wildman–Crippen MR) is 44.3 cm³/mol. The standard InChI is InChI=1S/C10H14O2/c1-10(12)8-6-3-2-5(4-6)7(8)9(10)11/h2-3,5-9,11-12H,4H2,1H3/t5-,6+,7-,8+,9-,10+/m0/s1. The average Bonchev–Trinajstić information content (AvgIpc) is 2.59. The quantitative estimate of drug-likeness (QED) is 0.516. The van der Waals surface area contributed by atoms with Crippen molar-refractivity contribution < 1.29 is 10.2 Å². The van der Waals surface area contributed by atoms with Gasteiger partial charge >= 0.3 is 0 Å². The van der Waals surface area contributed by atoms with Crippen molar-refractivity contribution in [3.8, 4) is 0 Å². The summed E-state index contributed by atoms with van der Waals surface area (Å²) in [4.78, 5) is 0. The molecule has 0 saturated heterocycles. The predicted octanol–water partition coefficient (Wildman–Crippen LogP) is 0.550. The van der Waals surface area contributed by atoms with Crippen molar-refractivity contribution in [3.05, 3.63) is 12.2 Å². The van der Waals surface area contributed by atoms with Crippen LogP contribution in [0, 0.1) is 23.7 Å². The summed E-state index contributed by atoms with van der Waals surface area (Å²) >= 11 is 0. The van der Waals surface area contributed by atoms with Gasteiger partial charge in [-0.3, -0.25) is 0 Å². The van der Waals surface area contributed by atoms with E-state index in [-0.39, 0.29) is 0 Å². The van der Waals surface area contributed by atoms with Crippen LogP contribution in [0.15, 0.2) is 12.2 Å². The Morgan fingerprint density at radius 3 is 2.67 bits per heavy atom. The molecular weight excluding hydrogens is 152 g/mol. The fourth-order valence-corrected chi connectivity index (χ4v) is 3.58. The Bertz CT molecular complexity index is 257. The van der Waals surface area contributed by atoms with Crippen molar-refractivity contribution in [1.82, 2.24) is 0 Å². The molecule has 12 heavy (non-hydrogen) atoms. The number of hydrogen-bond acceptors (Lipinski definition) is 2. The molecule has 0 aromatic rings. The summed E-state index contributed by atoms with van der Waals surface area (Å²) in [6, 6.07) is 0. The molecule has 0 heterocycles. The zero-order valence-corrected chi connectivity index (χ0v) is 7.14. The van der Waals surface area contributed by atoms with Crippen molar-refractivity contribution in [2.75, 3.05) is 0 Å². The highest BCUT2D eigenvalue weighted by Crippen LogP contribution is 2.62. The van der Waals surface area contributed by atoms with E-state index in [9.17, 15) is 10.2 Å². The Labute approximate surface area is 71.9 Å². The topological polar surface area (TPSA) is 40.5 Å². The van der Waals surface area contributed by atoms with Crippen LogP contribution in [0.3, 0.4) is 0 Å². The van der Waals surface area contributed by atoms with Gasteiger partial charge in [-0.15, -0.1) is 0 Å². The van der Waals surface area contributed by atoms with E-state index in [2.05, 4.69) is 12.2 Å². The van der Waals surface area contributed by atoms with Crippen molar-refractivity contribution in [1.29, 1.82) is 0 Å². The highest BCUT2D eigenvalue weighted by molar-refractivity contribution is 5.25. The number of rotatable bonds is 0. The summed E-state index contributed by atoms with van der Waals surface area (Å²) < 4.78 is 0. The van der Waals surface area contributed by atoms with Crippen LogP contribution in [0.5, 0.6) is 0 Å². The Hall–Kier alpha value is -0.340. The van der Waals surface area contributed by atoms with E-state index in [0.717, 1.165) is 6.42 Å². The van der Waals surface area contributed by atoms with Crippen LogP contribution in [-0.4, -0.2) is 21.9 Å². The van der Waals surface area contributed by atoms with Crippen LogP contribution in [0.4, 0.5) is 0 Å². The molecule has 2 N–H and O–H groups in total. The van der Waals surface area contributed by atoms with Gasteiger partial charge in [0.1, 0.15) is 0 Å². The third kappa shape index (κ3) is 0.539. The van der Waals surface area contributed by atoms with Gasteiger partial charge in [-0.1, -0.05) is 12.2 Å². The van der Waals surface area contributed by atoms with Crippen LogP contribution < -0.4 is 0 Å². The molecule has 2 bridgehead atoms. The summed E-state index contributed by atoms with van der Waals surface area (Å²) in [6.45, 7) is 1.77. The number of aliphatic hydroxyl groups is 2. The van der Waals surface area contributed by atoms with Gasteiger partial charge in [-0.25, -0.2) is 0 Å². The SMILES string of the molecule is C[C@@]1(O)[C@H]2[C@H]([C@H]3C=C[C@@H]2C3)[C@@H]1O. The summed E-state index contributed by atoms with van der Waals surface area (Å²) in [5.74, 6) is 1.78. The molecule has 0 aromatic carbocycles. The molecule has 0 spiro atoms. The number of allylic oxidation sites excluding steroid dienone is 2. The van der Waals surface area contributed by atoms with E-state index in [0.29, 0.717) is 23.7 Å². The summed E-state index contributed by atoms with van der Waals surface area (Å²) in [5, 5.41) is 19.6. The van der Waals surface area contributed by atoms with E-state index >= 15 is 0 Å². The minimum Gasteiger partial charge on any atom is -0.390 e. The zero-order valence-electron chi connectivity index (χ0n) is 7.14. The van der Waals surface area contributed by atoms with Gasteiger partial charge in [0.15, 0.2) is 0 Å².